The summed E-state index contributed by atoms with van der Waals surface area (Å²) in [4.78, 5) is 0. The quantitative estimate of drug-likeness (QED) is 0.700. The monoisotopic (exact) mass is 149 g/mol. The van der Waals surface area contributed by atoms with E-state index in [1.54, 1.807) is 12.1 Å². The van der Waals surface area contributed by atoms with Crippen molar-refractivity contribution < 1.29 is 5.11 Å². The highest BCUT2D eigenvalue weighted by Gasteiger charge is 1.96. The first-order valence-corrected chi connectivity index (χ1v) is 4.02. The maximum Gasteiger partial charge on any atom is 0.118 e. The number of phenols is 1. The Labute approximate surface area is 67.7 Å². The lowest BCUT2D eigenvalue weighted by Gasteiger charge is -2.00. The van der Waals surface area contributed by atoms with Crippen LogP contribution in [-0.2, 0) is 6.42 Å². The van der Waals surface area contributed by atoms with E-state index in [4.69, 9.17) is 0 Å². The van der Waals surface area contributed by atoms with Gasteiger partial charge in [-0.3, -0.25) is 0 Å². The molecule has 0 heterocycles. The first-order valence-electron chi connectivity index (χ1n) is 4.02. The smallest absolute Gasteiger partial charge is 0.118 e. The molecular weight excluding hydrogens is 136 g/mol. The van der Waals surface area contributed by atoms with Gasteiger partial charge in [0.25, 0.3) is 0 Å². The summed E-state index contributed by atoms with van der Waals surface area (Å²) in [5.74, 6) is 0.400. The zero-order chi connectivity index (χ0) is 8.10. The van der Waals surface area contributed by atoms with Crippen LogP contribution in [0.3, 0.4) is 0 Å². The van der Waals surface area contributed by atoms with Crippen LogP contribution >= 0.6 is 0 Å². The van der Waals surface area contributed by atoms with E-state index in [0.29, 0.717) is 5.75 Å². The van der Waals surface area contributed by atoms with Crippen molar-refractivity contribution in [2.75, 3.05) is 0 Å². The van der Waals surface area contributed by atoms with Crippen LogP contribution in [-0.4, -0.2) is 5.11 Å². The molecule has 0 bridgehead atoms. The summed E-state index contributed by atoms with van der Waals surface area (Å²) < 4.78 is 0. The first kappa shape index (κ1) is 8.12. The molecule has 59 valence electrons. The van der Waals surface area contributed by atoms with Gasteiger partial charge in [-0.15, -0.1) is 0 Å². The molecule has 0 saturated carbocycles. The summed E-state index contributed by atoms with van der Waals surface area (Å²) in [6, 6.07) is 8.22. The van der Waals surface area contributed by atoms with Crippen LogP contribution in [0.25, 0.3) is 0 Å². The van der Waals surface area contributed by atoms with E-state index in [9.17, 15) is 5.11 Å². The third-order valence-corrected chi connectivity index (χ3v) is 1.72. The van der Waals surface area contributed by atoms with Gasteiger partial charge in [0.05, 0.1) is 0 Å². The van der Waals surface area contributed by atoms with Gasteiger partial charge in [0.1, 0.15) is 5.75 Å². The normalized spacial score (nSPS) is 9.91. The van der Waals surface area contributed by atoms with Crippen molar-refractivity contribution in [1.82, 2.24) is 0 Å². The fourth-order valence-electron chi connectivity index (χ4n) is 1.02. The Hall–Kier alpha value is -0.980. The van der Waals surface area contributed by atoms with E-state index in [2.05, 4.69) is 13.0 Å². The molecular formula is C10H13O. The average Bonchev–Trinajstić information content (AvgIpc) is 2.03. The summed E-state index contributed by atoms with van der Waals surface area (Å²) in [5.41, 5.74) is 1.01. The summed E-state index contributed by atoms with van der Waals surface area (Å²) in [7, 11) is 0. The van der Waals surface area contributed by atoms with Crippen molar-refractivity contribution in [3.63, 3.8) is 0 Å². The Balaban J connectivity index is 2.62. The topological polar surface area (TPSA) is 20.2 Å². The van der Waals surface area contributed by atoms with Crippen molar-refractivity contribution in [1.29, 1.82) is 0 Å². The van der Waals surface area contributed by atoms with Gasteiger partial charge in [-0.25, -0.2) is 0 Å². The molecule has 11 heavy (non-hydrogen) atoms. The van der Waals surface area contributed by atoms with Gasteiger partial charge < -0.3 is 5.11 Å². The molecule has 0 amide bonds. The van der Waals surface area contributed by atoms with E-state index >= 15 is 0 Å². The van der Waals surface area contributed by atoms with Gasteiger partial charge in [0.2, 0.25) is 0 Å². The number of phenolic OH excluding ortho intramolecular Hbond substituents is 1. The second-order valence-electron chi connectivity index (χ2n) is 2.66. The molecule has 0 aliphatic rings. The zero-order valence-corrected chi connectivity index (χ0v) is 6.80. The number of hydrogen-bond acceptors (Lipinski definition) is 1. The summed E-state index contributed by atoms with van der Waals surface area (Å²) in [6.45, 7) is 2.14. The Morgan fingerprint density at radius 1 is 1.55 bits per heavy atom. The number of unbranched alkanes of at least 4 members (excludes halogenated alkanes) is 1. The summed E-state index contributed by atoms with van der Waals surface area (Å²) >= 11 is 0. The highest BCUT2D eigenvalue weighted by molar-refractivity contribution is 5.31. The third-order valence-electron chi connectivity index (χ3n) is 1.72. The lowest BCUT2D eigenvalue weighted by Crippen LogP contribution is -1.84. The first-order chi connectivity index (χ1) is 5.34. The molecule has 0 aromatic heterocycles. The fourth-order valence-corrected chi connectivity index (χ4v) is 1.02. The Kier molecular flexibility index (Phi) is 2.96. The molecule has 1 radical (unpaired) electrons. The minimum atomic E-state index is 0.400. The van der Waals surface area contributed by atoms with Crippen molar-refractivity contribution in [3.8, 4) is 5.75 Å². The standard InChI is InChI=1S/C10H13O/c1-2-3-6-9-7-4-5-8-10(9)11/h5,7-8,11H,2-3,6H2,1H3. The van der Waals surface area contributed by atoms with E-state index in [0.717, 1.165) is 24.8 Å². The highest BCUT2D eigenvalue weighted by atomic mass is 16.3. The molecule has 0 aliphatic carbocycles. The second kappa shape index (κ2) is 4.02. The Morgan fingerprint density at radius 3 is 3.00 bits per heavy atom. The van der Waals surface area contributed by atoms with Gasteiger partial charge in [0, 0.05) is 0 Å². The van der Waals surface area contributed by atoms with E-state index in [-0.39, 0.29) is 0 Å². The largest absolute Gasteiger partial charge is 0.508 e. The molecule has 0 spiro atoms. The minimum Gasteiger partial charge on any atom is -0.508 e. The van der Waals surface area contributed by atoms with Crippen LogP contribution in [0, 0.1) is 6.07 Å². The SMILES string of the molecule is CCCCc1c[c]ccc1O. The summed E-state index contributed by atoms with van der Waals surface area (Å²) in [5, 5.41) is 9.32. The molecule has 0 fully saturated rings. The predicted octanol–water partition coefficient (Wildman–Crippen LogP) is 2.53. The molecule has 1 N–H and O–H groups in total. The van der Waals surface area contributed by atoms with Crippen LogP contribution < -0.4 is 0 Å². The molecule has 1 aromatic carbocycles. The molecule has 1 rings (SSSR count). The van der Waals surface area contributed by atoms with Gasteiger partial charge in [-0.2, -0.15) is 0 Å². The van der Waals surface area contributed by atoms with Gasteiger partial charge in [-0.05, 0) is 36.6 Å². The van der Waals surface area contributed by atoms with Gasteiger partial charge in [-0.1, -0.05) is 19.4 Å². The molecule has 0 atom stereocenters. The van der Waals surface area contributed by atoms with Crippen molar-refractivity contribution in [3.05, 3.63) is 29.8 Å². The van der Waals surface area contributed by atoms with E-state index in [1.807, 2.05) is 6.07 Å². The number of benzene rings is 1. The molecule has 0 aliphatic heterocycles. The Bertz CT molecular complexity index is 218. The number of aromatic hydroxyl groups is 1. The lowest BCUT2D eigenvalue weighted by atomic mass is 10.1. The lowest BCUT2D eigenvalue weighted by molar-refractivity contribution is 0.467. The van der Waals surface area contributed by atoms with Crippen LogP contribution in [0.15, 0.2) is 18.2 Å². The zero-order valence-electron chi connectivity index (χ0n) is 6.80. The number of aryl methyl sites for hydroxylation is 1. The third kappa shape index (κ3) is 2.26. The van der Waals surface area contributed by atoms with Crippen molar-refractivity contribution in [2.45, 2.75) is 26.2 Å². The maximum atomic E-state index is 9.32. The average molecular weight is 149 g/mol. The van der Waals surface area contributed by atoms with Gasteiger partial charge >= 0.3 is 0 Å². The van der Waals surface area contributed by atoms with E-state index in [1.165, 1.54) is 0 Å². The maximum absolute atomic E-state index is 9.32. The van der Waals surface area contributed by atoms with Gasteiger partial charge in [0.15, 0.2) is 0 Å². The predicted molar refractivity (Wildman–Crippen MR) is 45.6 cm³/mol. The van der Waals surface area contributed by atoms with Crippen LogP contribution in [0.4, 0.5) is 0 Å². The molecule has 1 aromatic rings. The molecule has 0 unspecified atom stereocenters. The molecule has 1 nitrogen and oxygen atoms in total. The Morgan fingerprint density at radius 2 is 2.36 bits per heavy atom. The minimum absolute atomic E-state index is 0.400. The number of hydrogen-bond donors (Lipinski definition) is 1. The van der Waals surface area contributed by atoms with Crippen LogP contribution in [0.1, 0.15) is 25.3 Å². The highest BCUT2D eigenvalue weighted by Crippen LogP contribution is 2.17. The van der Waals surface area contributed by atoms with Crippen LogP contribution in [0.5, 0.6) is 5.75 Å². The molecule has 0 saturated heterocycles. The van der Waals surface area contributed by atoms with Crippen molar-refractivity contribution in [2.24, 2.45) is 0 Å². The fraction of sp³-hybridized carbons (Fsp3) is 0.400. The van der Waals surface area contributed by atoms with Crippen LogP contribution in [0.2, 0.25) is 0 Å². The second-order valence-corrected chi connectivity index (χ2v) is 2.66. The molecule has 1 heteroatoms. The van der Waals surface area contributed by atoms with E-state index < -0.39 is 0 Å². The summed E-state index contributed by atoms with van der Waals surface area (Å²) in [6.07, 6.45) is 3.25. The van der Waals surface area contributed by atoms with Crippen molar-refractivity contribution >= 4 is 0 Å². The number of rotatable bonds is 3.